The van der Waals surface area contributed by atoms with Crippen LogP contribution < -0.4 is 9.47 Å². The number of halogens is 1. The third-order valence-corrected chi connectivity index (χ3v) is 9.77. The van der Waals surface area contributed by atoms with Crippen LogP contribution in [-0.4, -0.2) is 34.7 Å². The number of aliphatic imine (C=N–C) groups is 1. The number of hydrogen-bond acceptors (Lipinski definition) is 5. The lowest BCUT2D eigenvalue weighted by Crippen LogP contribution is -2.41. The fraction of sp³-hybridized carbons (Fsp3) is 0.471. The van der Waals surface area contributed by atoms with Gasteiger partial charge >= 0.3 is 0 Å². The van der Waals surface area contributed by atoms with Crippen LogP contribution in [0.2, 0.25) is 0 Å². The average Bonchev–Trinajstić information content (AvgIpc) is 3.28. The lowest BCUT2D eigenvalue weighted by molar-refractivity contribution is -0.124. The predicted octanol–water partition coefficient (Wildman–Crippen LogP) is 8.94. The Morgan fingerprint density at radius 1 is 1.02 bits per heavy atom. The topological polar surface area (TPSA) is 51.1 Å². The van der Waals surface area contributed by atoms with Gasteiger partial charge in [-0.25, -0.2) is 0 Å². The molecule has 0 spiro atoms. The Bertz CT molecular complexity index is 1280. The van der Waals surface area contributed by atoms with Gasteiger partial charge in [0.1, 0.15) is 6.61 Å². The van der Waals surface area contributed by atoms with Gasteiger partial charge in [0.15, 0.2) is 16.7 Å². The first-order chi connectivity index (χ1) is 20.1. The molecule has 0 aromatic heterocycles. The number of carbonyl (C=O) groups excluding carboxylic acids is 1. The maximum atomic E-state index is 13.9. The molecule has 1 saturated heterocycles. The Morgan fingerprint density at radius 3 is 2.41 bits per heavy atom. The molecule has 2 saturated carbocycles. The summed E-state index contributed by atoms with van der Waals surface area (Å²) in [6, 6.07) is 13.0. The summed E-state index contributed by atoms with van der Waals surface area (Å²) in [4.78, 5) is 21.9. The summed E-state index contributed by atoms with van der Waals surface area (Å²) >= 11 is 3.86. The number of amidine groups is 1. The molecule has 3 fully saturated rings. The highest BCUT2D eigenvalue weighted by Crippen LogP contribution is 2.40. The lowest BCUT2D eigenvalue weighted by atomic mass is 9.94. The second kappa shape index (κ2) is 14.8. The molecule has 2 aliphatic carbocycles. The van der Waals surface area contributed by atoms with Crippen LogP contribution in [0.3, 0.4) is 0 Å². The molecular formula is C34H41IN2O3S. The number of hydrogen-bond donors (Lipinski definition) is 0. The van der Waals surface area contributed by atoms with Crippen LogP contribution in [0.25, 0.3) is 6.08 Å². The highest BCUT2D eigenvalue weighted by atomic mass is 127. The van der Waals surface area contributed by atoms with Gasteiger partial charge in [0, 0.05) is 15.2 Å². The van der Waals surface area contributed by atoms with Crippen LogP contribution in [0, 0.1) is 3.57 Å². The van der Waals surface area contributed by atoms with E-state index in [1.54, 1.807) is 11.8 Å². The number of ether oxygens (including phenoxy) is 2. The molecule has 1 aliphatic heterocycles. The lowest BCUT2D eigenvalue weighted by Gasteiger charge is -2.31. The summed E-state index contributed by atoms with van der Waals surface area (Å²) in [7, 11) is 0. The minimum absolute atomic E-state index is 0.0960. The van der Waals surface area contributed by atoms with E-state index in [4.69, 9.17) is 14.5 Å². The molecular weight excluding hydrogens is 643 g/mol. The fourth-order valence-electron chi connectivity index (χ4n) is 5.99. The Morgan fingerprint density at radius 2 is 1.73 bits per heavy atom. The summed E-state index contributed by atoms with van der Waals surface area (Å²) in [5.74, 6) is 1.53. The number of thioether (sulfide) groups is 1. The van der Waals surface area contributed by atoms with E-state index in [9.17, 15) is 4.79 Å². The van der Waals surface area contributed by atoms with E-state index in [1.807, 2.05) is 30.0 Å². The Labute approximate surface area is 263 Å². The monoisotopic (exact) mass is 684 g/mol. The van der Waals surface area contributed by atoms with Gasteiger partial charge in [0.25, 0.3) is 5.91 Å². The van der Waals surface area contributed by atoms with E-state index in [1.165, 1.54) is 42.1 Å². The normalized spacial score (nSPS) is 20.6. The second-order valence-corrected chi connectivity index (χ2v) is 13.4. The van der Waals surface area contributed by atoms with E-state index >= 15 is 0 Å². The summed E-state index contributed by atoms with van der Waals surface area (Å²) in [5, 5.41) is 0.911. The number of nitrogens with zero attached hydrogens (tertiary/aromatic N) is 2. The molecule has 5 rings (SSSR count). The van der Waals surface area contributed by atoms with Crippen molar-refractivity contribution >= 4 is 51.5 Å². The third kappa shape index (κ3) is 7.78. The average molecular weight is 685 g/mol. The molecule has 218 valence electrons. The molecule has 7 heteroatoms. The van der Waals surface area contributed by atoms with Crippen molar-refractivity contribution in [1.82, 2.24) is 4.90 Å². The molecule has 1 heterocycles. The zero-order valence-electron chi connectivity index (χ0n) is 24.1. The van der Waals surface area contributed by atoms with Crippen molar-refractivity contribution in [2.75, 3.05) is 6.61 Å². The van der Waals surface area contributed by atoms with Crippen molar-refractivity contribution in [2.24, 2.45) is 4.99 Å². The Kier molecular flexibility index (Phi) is 10.9. The molecule has 0 bridgehead atoms. The maximum absolute atomic E-state index is 13.9. The zero-order valence-corrected chi connectivity index (χ0v) is 27.1. The zero-order chi connectivity index (χ0) is 28.6. The maximum Gasteiger partial charge on any atom is 0.266 e. The molecule has 0 unspecified atom stereocenters. The molecule has 1 amide bonds. The van der Waals surface area contributed by atoms with Crippen LogP contribution in [-0.2, 0) is 17.8 Å². The summed E-state index contributed by atoms with van der Waals surface area (Å²) in [6.45, 7) is 6.93. The molecule has 2 aromatic carbocycles. The molecule has 3 aliphatic rings. The van der Waals surface area contributed by atoms with Crippen molar-refractivity contribution in [1.29, 1.82) is 0 Å². The van der Waals surface area contributed by atoms with Crippen molar-refractivity contribution < 1.29 is 14.3 Å². The largest absolute Gasteiger partial charge is 0.490 e. The van der Waals surface area contributed by atoms with Gasteiger partial charge in [-0.15, -0.1) is 6.58 Å². The first kappa shape index (κ1) is 30.2. The van der Waals surface area contributed by atoms with E-state index in [-0.39, 0.29) is 11.9 Å². The van der Waals surface area contributed by atoms with E-state index in [2.05, 4.69) is 59.5 Å². The third-order valence-electron chi connectivity index (χ3n) is 8.06. The Balaban J connectivity index is 1.45. The summed E-state index contributed by atoms with van der Waals surface area (Å²) < 4.78 is 13.6. The number of rotatable bonds is 10. The van der Waals surface area contributed by atoms with Gasteiger partial charge in [0.2, 0.25) is 0 Å². The van der Waals surface area contributed by atoms with Crippen LogP contribution >= 0.6 is 34.4 Å². The standard InChI is InChI=1S/C34H41IN2O3S/c1-3-11-26-20-25(21-30(39-4-2)32(26)40-23-24-16-18-27(35)19-17-24)22-31-33(38)37(29-14-9-6-10-15-29)34(41-31)36-28-12-7-5-8-13-28/h3,16-22,28-29H,1,4-15,23H2,2H3. The SMILES string of the molecule is C=CCc1cc(C=C2SC(=NC3CCCCC3)N(C3CCCCC3)C2=O)cc(OCC)c1OCc1ccc(I)cc1. The highest BCUT2D eigenvalue weighted by molar-refractivity contribution is 14.1. The van der Waals surface area contributed by atoms with Crippen LogP contribution in [0.15, 0.2) is 59.0 Å². The minimum atomic E-state index is 0.0960. The smallest absolute Gasteiger partial charge is 0.266 e. The minimum Gasteiger partial charge on any atom is -0.490 e. The summed E-state index contributed by atoms with van der Waals surface area (Å²) in [5.41, 5.74) is 3.04. The quantitative estimate of drug-likeness (QED) is 0.143. The van der Waals surface area contributed by atoms with E-state index < -0.39 is 0 Å². The fourth-order valence-corrected chi connectivity index (χ4v) is 7.46. The van der Waals surface area contributed by atoms with Crippen LogP contribution in [0.5, 0.6) is 11.5 Å². The van der Waals surface area contributed by atoms with Gasteiger partial charge in [0.05, 0.1) is 17.6 Å². The molecule has 41 heavy (non-hydrogen) atoms. The van der Waals surface area contributed by atoms with E-state index in [0.29, 0.717) is 31.4 Å². The van der Waals surface area contributed by atoms with Crippen molar-refractivity contribution in [3.8, 4) is 11.5 Å². The predicted molar refractivity (Wildman–Crippen MR) is 179 cm³/mol. The number of carbonyl (C=O) groups is 1. The number of benzene rings is 2. The molecule has 2 aromatic rings. The molecule has 5 nitrogen and oxygen atoms in total. The first-order valence-electron chi connectivity index (χ1n) is 15.1. The molecule has 0 radical (unpaired) electrons. The second-order valence-electron chi connectivity index (χ2n) is 11.1. The van der Waals surface area contributed by atoms with Crippen LogP contribution in [0.1, 0.15) is 87.8 Å². The van der Waals surface area contributed by atoms with Gasteiger partial charge < -0.3 is 9.47 Å². The first-order valence-corrected chi connectivity index (χ1v) is 17.0. The highest BCUT2D eigenvalue weighted by Gasteiger charge is 2.39. The molecule has 0 N–H and O–H groups in total. The Hall–Kier alpha value is -2.26. The molecule has 0 atom stereocenters. The van der Waals surface area contributed by atoms with Gasteiger partial charge in [-0.2, -0.15) is 0 Å². The summed E-state index contributed by atoms with van der Waals surface area (Å²) in [6.07, 6.45) is 16.3. The van der Waals surface area contributed by atoms with Crippen molar-refractivity contribution in [2.45, 2.75) is 96.2 Å². The number of amides is 1. The van der Waals surface area contributed by atoms with E-state index in [0.717, 1.165) is 58.2 Å². The van der Waals surface area contributed by atoms with Crippen LogP contribution in [0.4, 0.5) is 0 Å². The van der Waals surface area contributed by atoms with Crippen molar-refractivity contribution in [3.05, 3.63) is 74.2 Å². The number of allylic oxidation sites excluding steroid dienone is 1. The van der Waals surface area contributed by atoms with Gasteiger partial charge in [-0.1, -0.05) is 56.7 Å². The van der Waals surface area contributed by atoms with Gasteiger partial charge in [-0.3, -0.25) is 14.7 Å². The van der Waals surface area contributed by atoms with Crippen molar-refractivity contribution in [3.63, 3.8) is 0 Å². The van der Waals surface area contributed by atoms with Gasteiger partial charge in [-0.05, 0) is 115 Å².